The zero-order chi connectivity index (χ0) is 18.4. The predicted molar refractivity (Wildman–Crippen MR) is 112 cm³/mol. The average Bonchev–Trinajstić information content (AvgIpc) is 2.69. The second kappa shape index (κ2) is 8.91. The summed E-state index contributed by atoms with van der Waals surface area (Å²) in [6, 6.07) is 23.1. The Morgan fingerprint density at radius 3 is 2.04 bits per heavy atom. The fourth-order valence-corrected chi connectivity index (χ4v) is 3.43. The molecule has 0 aromatic heterocycles. The highest BCUT2D eigenvalue weighted by Crippen LogP contribution is 2.33. The van der Waals surface area contributed by atoms with E-state index in [0.29, 0.717) is 0 Å². The molecule has 0 radical (unpaired) electrons. The highest BCUT2D eigenvalue weighted by Gasteiger charge is 2.07. The highest BCUT2D eigenvalue weighted by molar-refractivity contribution is 6.33. The van der Waals surface area contributed by atoms with Gasteiger partial charge in [-0.3, -0.25) is 0 Å². The Morgan fingerprint density at radius 2 is 1.42 bits per heavy atom. The van der Waals surface area contributed by atoms with Gasteiger partial charge in [0.05, 0.1) is 7.11 Å². The number of aryl methyl sites for hydroxylation is 1. The van der Waals surface area contributed by atoms with Crippen molar-refractivity contribution in [3.05, 3.63) is 77.3 Å². The van der Waals surface area contributed by atoms with E-state index in [-0.39, 0.29) is 0 Å². The molecule has 0 saturated heterocycles. The molecule has 134 valence electrons. The predicted octanol–water partition coefficient (Wildman–Crippen LogP) is 7.42. The molecule has 0 atom stereocenters. The van der Waals surface area contributed by atoms with Crippen LogP contribution in [0, 0.1) is 0 Å². The number of methoxy groups -OCH3 is 1. The van der Waals surface area contributed by atoms with Gasteiger partial charge in [-0.15, -0.1) is 0 Å². The molecule has 0 aliphatic heterocycles. The lowest BCUT2D eigenvalue weighted by atomic mass is 9.98. The quantitative estimate of drug-likeness (QED) is 0.396. The molecule has 0 heterocycles. The van der Waals surface area contributed by atoms with Gasteiger partial charge in [0.2, 0.25) is 0 Å². The van der Waals surface area contributed by atoms with Gasteiger partial charge < -0.3 is 4.74 Å². The third-order valence-corrected chi connectivity index (χ3v) is 5.04. The first-order valence-corrected chi connectivity index (χ1v) is 9.62. The fourth-order valence-electron chi connectivity index (χ4n) is 3.14. The van der Waals surface area contributed by atoms with Gasteiger partial charge in [-0.1, -0.05) is 79.9 Å². The Balaban J connectivity index is 1.78. The molecule has 1 nitrogen and oxygen atoms in total. The number of hydrogen-bond acceptors (Lipinski definition) is 1. The normalized spacial score (nSPS) is 10.7. The summed E-state index contributed by atoms with van der Waals surface area (Å²) in [5, 5.41) is 0.764. The van der Waals surface area contributed by atoms with Crippen molar-refractivity contribution in [3.63, 3.8) is 0 Å². The van der Waals surface area contributed by atoms with E-state index in [1.165, 1.54) is 30.4 Å². The summed E-state index contributed by atoms with van der Waals surface area (Å²) in [6.45, 7) is 2.24. The number of hydrogen-bond donors (Lipinski definition) is 0. The zero-order valence-electron chi connectivity index (χ0n) is 15.5. The van der Waals surface area contributed by atoms with Crippen LogP contribution in [0.15, 0.2) is 66.7 Å². The van der Waals surface area contributed by atoms with E-state index in [1.807, 2.05) is 30.3 Å². The van der Waals surface area contributed by atoms with Gasteiger partial charge in [0.25, 0.3) is 0 Å². The molecule has 0 unspecified atom stereocenters. The second-order valence-electron chi connectivity index (χ2n) is 6.58. The molecule has 0 aliphatic carbocycles. The lowest BCUT2D eigenvalue weighted by molar-refractivity contribution is 0.415. The van der Waals surface area contributed by atoms with E-state index in [2.05, 4.69) is 43.3 Å². The maximum absolute atomic E-state index is 6.57. The summed E-state index contributed by atoms with van der Waals surface area (Å²) in [7, 11) is 1.67. The van der Waals surface area contributed by atoms with Gasteiger partial charge in [0.15, 0.2) is 0 Å². The van der Waals surface area contributed by atoms with Gasteiger partial charge in [0.1, 0.15) is 5.75 Å². The van der Waals surface area contributed by atoms with Crippen molar-refractivity contribution in [2.24, 2.45) is 0 Å². The molecule has 2 heteroatoms. The summed E-state index contributed by atoms with van der Waals surface area (Å²) in [6.07, 6.45) is 4.98. The van der Waals surface area contributed by atoms with E-state index in [4.69, 9.17) is 16.3 Å². The molecule has 0 aliphatic rings. The summed E-state index contributed by atoms with van der Waals surface area (Å²) in [5.74, 6) is 0.848. The molecule has 0 fully saturated rings. The van der Waals surface area contributed by atoms with Crippen molar-refractivity contribution >= 4 is 11.6 Å². The molecular weight excluding hydrogens is 340 g/mol. The monoisotopic (exact) mass is 364 g/mol. The Hall–Kier alpha value is -2.25. The van der Waals surface area contributed by atoms with Crippen molar-refractivity contribution in [2.75, 3.05) is 7.11 Å². The topological polar surface area (TPSA) is 9.23 Å². The summed E-state index contributed by atoms with van der Waals surface area (Å²) in [4.78, 5) is 0. The number of unbranched alkanes of at least 4 members (excludes halogenated alkanes) is 2. The lowest BCUT2D eigenvalue weighted by Crippen LogP contribution is -1.87. The van der Waals surface area contributed by atoms with Crippen LogP contribution in [0.4, 0.5) is 0 Å². The molecule has 0 spiro atoms. The minimum absolute atomic E-state index is 0.764. The van der Waals surface area contributed by atoms with Gasteiger partial charge >= 0.3 is 0 Å². The van der Waals surface area contributed by atoms with Crippen LogP contribution in [-0.2, 0) is 6.42 Å². The standard InChI is InChI=1S/C24H25ClO/c1-3-4-5-6-18-7-9-19(10-8-18)21-13-16-23(24(25)17-21)20-11-14-22(26-2)15-12-20/h7-17H,3-6H2,1-2H3. The van der Waals surface area contributed by atoms with Crippen molar-refractivity contribution in [2.45, 2.75) is 32.6 Å². The molecule has 3 aromatic carbocycles. The van der Waals surface area contributed by atoms with Crippen LogP contribution in [0.3, 0.4) is 0 Å². The first-order chi connectivity index (χ1) is 12.7. The Kier molecular flexibility index (Phi) is 6.35. The first kappa shape index (κ1) is 18.5. The number of halogens is 1. The van der Waals surface area contributed by atoms with Gasteiger partial charge in [0, 0.05) is 10.6 Å². The number of benzene rings is 3. The minimum Gasteiger partial charge on any atom is -0.497 e. The van der Waals surface area contributed by atoms with Crippen LogP contribution in [0.25, 0.3) is 22.3 Å². The molecule has 3 aromatic rings. The second-order valence-corrected chi connectivity index (χ2v) is 6.98. The van der Waals surface area contributed by atoms with Gasteiger partial charge in [-0.2, -0.15) is 0 Å². The largest absolute Gasteiger partial charge is 0.497 e. The third-order valence-electron chi connectivity index (χ3n) is 4.73. The zero-order valence-corrected chi connectivity index (χ0v) is 16.2. The van der Waals surface area contributed by atoms with Gasteiger partial charge in [-0.05, 0) is 53.3 Å². The SMILES string of the molecule is CCCCCc1ccc(-c2ccc(-c3ccc(OC)cc3)c(Cl)c2)cc1. The van der Waals surface area contributed by atoms with Crippen molar-refractivity contribution in [1.29, 1.82) is 0 Å². The van der Waals surface area contributed by atoms with Crippen LogP contribution >= 0.6 is 11.6 Å². The maximum atomic E-state index is 6.57. The van der Waals surface area contributed by atoms with Gasteiger partial charge in [-0.25, -0.2) is 0 Å². The van der Waals surface area contributed by atoms with Crippen molar-refractivity contribution in [1.82, 2.24) is 0 Å². The van der Waals surface area contributed by atoms with E-state index < -0.39 is 0 Å². The van der Waals surface area contributed by atoms with Crippen LogP contribution in [-0.4, -0.2) is 7.11 Å². The van der Waals surface area contributed by atoms with Crippen LogP contribution < -0.4 is 4.74 Å². The maximum Gasteiger partial charge on any atom is 0.118 e. The number of ether oxygens (including phenoxy) is 1. The number of rotatable bonds is 7. The van der Waals surface area contributed by atoms with Crippen LogP contribution in [0.1, 0.15) is 31.7 Å². The highest BCUT2D eigenvalue weighted by atomic mass is 35.5. The van der Waals surface area contributed by atoms with E-state index in [1.54, 1.807) is 7.11 Å². The van der Waals surface area contributed by atoms with E-state index in [0.717, 1.165) is 33.9 Å². The van der Waals surface area contributed by atoms with Crippen molar-refractivity contribution < 1.29 is 4.74 Å². The Morgan fingerprint density at radius 1 is 0.769 bits per heavy atom. The van der Waals surface area contributed by atoms with Crippen LogP contribution in [0.5, 0.6) is 5.75 Å². The van der Waals surface area contributed by atoms with E-state index >= 15 is 0 Å². The average molecular weight is 365 g/mol. The first-order valence-electron chi connectivity index (χ1n) is 9.24. The smallest absolute Gasteiger partial charge is 0.118 e. The van der Waals surface area contributed by atoms with E-state index in [9.17, 15) is 0 Å². The molecule has 0 N–H and O–H groups in total. The van der Waals surface area contributed by atoms with Crippen molar-refractivity contribution in [3.8, 4) is 28.0 Å². The molecule has 26 heavy (non-hydrogen) atoms. The summed E-state index contributed by atoms with van der Waals surface area (Å²) < 4.78 is 5.22. The molecular formula is C24H25ClO. The fraction of sp³-hybridized carbons (Fsp3) is 0.250. The summed E-state index contributed by atoms with van der Waals surface area (Å²) in [5.41, 5.74) is 5.88. The third kappa shape index (κ3) is 4.47. The Bertz CT molecular complexity index is 835. The Labute approximate surface area is 161 Å². The molecule has 0 amide bonds. The molecule has 0 saturated carbocycles. The molecule has 0 bridgehead atoms. The lowest BCUT2D eigenvalue weighted by Gasteiger charge is -2.09. The minimum atomic E-state index is 0.764. The molecule has 3 rings (SSSR count). The summed E-state index contributed by atoms with van der Waals surface area (Å²) >= 11 is 6.57. The van der Waals surface area contributed by atoms with Crippen LogP contribution in [0.2, 0.25) is 5.02 Å².